The lowest BCUT2D eigenvalue weighted by Crippen LogP contribution is -2.47. The van der Waals surface area contributed by atoms with Crippen LogP contribution in [-0.2, 0) is 4.74 Å². The summed E-state index contributed by atoms with van der Waals surface area (Å²) < 4.78 is 5.88. The van der Waals surface area contributed by atoms with Crippen molar-refractivity contribution in [3.8, 4) is 0 Å². The molecule has 4 saturated carbocycles. The monoisotopic (exact) mass is 249 g/mol. The Labute approximate surface area is 111 Å². The molecule has 0 spiro atoms. The first-order chi connectivity index (χ1) is 8.81. The van der Waals surface area contributed by atoms with E-state index >= 15 is 0 Å². The predicted molar refractivity (Wildman–Crippen MR) is 72.4 cm³/mol. The maximum atomic E-state index is 5.88. The van der Waals surface area contributed by atoms with Gasteiger partial charge in [0.2, 0.25) is 0 Å². The molecule has 4 bridgehead atoms. The van der Waals surface area contributed by atoms with Crippen LogP contribution in [0.2, 0.25) is 0 Å². The largest absolute Gasteiger partial charge is 0.376 e. The molecule has 0 aromatic heterocycles. The van der Waals surface area contributed by atoms with Crippen LogP contribution in [0.4, 0.5) is 0 Å². The smallest absolute Gasteiger partial charge is 0.0700 e. The summed E-state index contributed by atoms with van der Waals surface area (Å²) in [6, 6.07) is 0. The normalized spacial score (nSPS) is 50.7. The molecule has 2 nitrogen and oxygen atoms in total. The van der Waals surface area contributed by atoms with Gasteiger partial charge in [0.25, 0.3) is 0 Å². The summed E-state index contributed by atoms with van der Waals surface area (Å²) in [6.07, 6.45) is 12.6. The first-order valence-electron chi connectivity index (χ1n) is 8.14. The van der Waals surface area contributed by atoms with Crippen molar-refractivity contribution in [3.63, 3.8) is 0 Å². The molecular formula is C16H27NO. The molecule has 0 aromatic carbocycles. The fourth-order valence-corrected chi connectivity index (χ4v) is 5.87. The van der Waals surface area contributed by atoms with Gasteiger partial charge in [-0.3, -0.25) is 0 Å². The van der Waals surface area contributed by atoms with Crippen LogP contribution in [0.5, 0.6) is 0 Å². The molecular weight excluding hydrogens is 222 g/mol. The topological polar surface area (TPSA) is 21.3 Å². The van der Waals surface area contributed by atoms with Crippen molar-refractivity contribution in [1.82, 2.24) is 5.32 Å². The molecule has 2 heteroatoms. The fraction of sp³-hybridized carbons (Fsp3) is 1.00. The van der Waals surface area contributed by atoms with Gasteiger partial charge in [-0.15, -0.1) is 0 Å². The van der Waals surface area contributed by atoms with Gasteiger partial charge >= 0.3 is 0 Å². The molecule has 5 rings (SSSR count). The molecule has 4 aliphatic carbocycles. The SMILES string of the molecule is C1COC(CCC23CC4CC(CC(C4)C2)C3)CN1. The summed E-state index contributed by atoms with van der Waals surface area (Å²) >= 11 is 0. The van der Waals surface area contributed by atoms with Gasteiger partial charge in [-0.2, -0.15) is 0 Å². The Morgan fingerprint density at radius 1 is 1.00 bits per heavy atom. The Hall–Kier alpha value is -0.0800. The second-order valence-corrected chi connectivity index (χ2v) is 7.65. The van der Waals surface area contributed by atoms with Crippen molar-refractivity contribution in [3.05, 3.63) is 0 Å². The van der Waals surface area contributed by atoms with E-state index in [9.17, 15) is 0 Å². The Morgan fingerprint density at radius 2 is 1.67 bits per heavy atom. The summed E-state index contributed by atoms with van der Waals surface area (Å²) in [6.45, 7) is 3.06. The van der Waals surface area contributed by atoms with Crippen molar-refractivity contribution in [1.29, 1.82) is 0 Å². The number of ether oxygens (including phenoxy) is 1. The van der Waals surface area contributed by atoms with Crippen molar-refractivity contribution in [2.45, 2.75) is 57.5 Å². The summed E-state index contributed by atoms with van der Waals surface area (Å²) in [7, 11) is 0. The molecule has 0 aromatic rings. The van der Waals surface area contributed by atoms with Gasteiger partial charge in [-0.1, -0.05) is 0 Å². The fourth-order valence-electron chi connectivity index (χ4n) is 5.87. The van der Waals surface area contributed by atoms with Crippen LogP contribution in [-0.4, -0.2) is 25.8 Å². The summed E-state index contributed by atoms with van der Waals surface area (Å²) in [5, 5.41) is 3.47. The molecule has 1 saturated heterocycles. The highest BCUT2D eigenvalue weighted by molar-refractivity contribution is 5.01. The third kappa shape index (κ3) is 2.12. The van der Waals surface area contributed by atoms with Gasteiger partial charge in [0.05, 0.1) is 12.7 Å². The highest BCUT2D eigenvalue weighted by Gasteiger charge is 2.50. The van der Waals surface area contributed by atoms with Gasteiger partial charge in [0.15, 0.2) is 0 Å². The average molecular weight is 249 g/mol. The van der Waals surface area contributed by atoms with Crippen molar-refractivity contribution in [2.75, 3.05) is 19.7 Å². The van der Waals surface area contributed by atoms with Crippen LogP contribution in [0.25, 0.3) is 0 Å². The van der Waals surface area contributed by atoms with E-state index in [0.29, 0.717) is 6.10 Å². The van der Waals surface area contributed by atoms with Gasteiger partial charge in [-0.25, -0.2) is 0 Å². The number of rotatable bonds is 3. The molecule has 5 fully saturated rings. The van der Waals surface area contributed by atoms with Crippen LogP contribution >= 0.6 is 0 Å². The van der Waals surface area contributed by atoms with E-state index in [4.69, 9.17) is 4.74 Å². The molecule has 1 heterocycles. The van der Waals surface area contributed by atoms with Crippen LogP contribution in [0, 0.1) is 23.2 Å². The molecule has 0 amide bonds. The molecule has 18 heavy (non-hydrogen) atoms. The predicted octanol–water partition coefficient (Wildman–Crippen LogP) is 2.97. The molecule has 0 radical (unpaired) electrons. The van der Waals surface area contributed by atoms with Crippen LogP contribution in [0.3, 0.4) is 0 Å². The molecule has 1 aliphatic heterocycles. The minimum Gasteiger partial charge on any atom is -0.376 e. The number of hydrogen-bond donors (Lipinski definition) is 1. The highest BCUT2D eigenvalue weighted by Crippen LogP contribution is 2.61. The van der Waals surface area contributed by atoms with Crippen molar-refractivity contribution >= 4 is 0 Å². The van der Waals surface area contributed by atoms with Gasteiger partial charge < -0.3 is 10.1 Å². The second kappa shape index (κ2) is 4.49. The lowest BCUT2D eigenvalue weighted by Gasteiger charge is -2.57. The molecule has 1 unspecified atom stereocenters. The van der Waals surface area contributed by atoms with E-state index in [1.54, 1.807) is 38.5 Å². The highest BCUT2D eigenvalue weighted by atomic mass is 16.5. The van der Waals surface area contributed by atoms with Crippen LogP contribution in [0.1, 0.15) is 51.4 Å². The molecule has 102 valence electrons. The van der Waals surface area contributed by atoms with E-state index < -0.39 is 0 Å². The van der Waals surface area contributed by atoms with Crippen molar-refractivity contribution in [2.24, 2.45) is 23.2 Å². The summed E-state index contributed by atoms with van der Waals surface area (Å²) in [5.74, 6) is 3.30. The number of morpholine rings is 1. The Kier molecular flexibility index (Phi) is 2.92. The van der Waals surface area contributed by atoms with Gasteiger partial charge in [-0.05, 0) is 74.5 Å². The quantitative estimate of drug-likeness (QED) is 0.830. The lowest BCUT2D eigenvalue weighted by molar-refractivity contribution is -0.0686. The lowest BCUT2D eigenvalue weighted by atomic mass is 9.48. The third-order valence-electron chi connectivity index (χ3n) is 6.17. The molecule has 5 aliphatic rings. The number of hydrogen-bond acceptors (Lipinski definition) is 2. The van der Waals surface area contributed by atoms with E-state index in [0.717, 1.165) is 42.9 Å². The van der Waals surface area contributed by atoms with Crippen molar-refractivity contribution < 1.29 is 4.74 Å². The second-order valence-electron chi connectivity index (χ2n) is 7.65. The van der Waals surface area contributed by atoms with Crippen LogP contribution < -0.4 is 5.32 Å². The zero-order valence-corrected chi connectivity index (χ0v) is 11.5. The number of nitrogens with one attached hydrogen (secondary N) is 1. The zero-order valence-electron chi connectivity index (χ0n) is 11.5. The van der Waals surface area contributed by atoms with Gasteiger partial charge in [0.1, 0.15) is 0 Å². The first-order valence-corrected chi connectivity index (χ1v) is 8.14. The van der Waals surface area contributed by atoms with E-state index in [1.807, 2.05) is 0 Å². The zero-order chi connectivity index (χ0) is 12.0. The third-order valence-corrected chi connectivity index (χ3v) is 6.17. The Balaban J connectivity index is 1.38. The average Bonchev–Trinajstić information content (AvgIpc) is 2.36. The first kappa shape index (κ1) is 11.7. The Morgan fingerprint density at radius 3 is 2.22 bits per heavy atom. The van der Waals surface area contributed by atoms with E-state index in [2.05, 4.69) is 5.32 Å². The maximum absolute atomic E-state index is 5.88. The van der Waals surface area contributed by atoms with E-state index in [1.165, 1.54) is 12.8 Å². The Bertz CT molecular complexity index is 273. The summed E-state index contributed by atoms with van der Waals surface area (Å²) in [4.78, 5) is 0. The minimum absolute atomic E-state index is 0.506. The molecule has 1 atom stereocenters. The van der Waals surface area contributed by atoms with Crippen LogP contribution in [0.15, 0.2) is 0 Å². The maximum Gasteiger partial charge on any atom is 0.0700 e. The summed E-state index contributed by atoms with van der Waals surface area (Å²) in [5.41, 5.74) is 0.746. The van der Waals surface area contributed by atoms with E-state index in [-0.39, 0.29) is 0 Å². The minimum atomic E-state index is 0.506. The van der Waals surface area contributed by atoms with Gasteiger partial charge in [0, 0.05) is 13.1 Å². The standard InChI is InChI=1S/C16H27NO/c1(15-11-17-3-4-18-15)2-16-8-12-5-13(9-16)7-14(6-12)10-16/h12-15,17H,1-11H2. The molecule has 1 N–H and O–H groups in total.